The van der Waals surface area contributed by atoms with Crippen molar-refractivity contribution in [3.05, 3.63) is 22.7 Å². The second-order valence-electron chi connectivity index (χ2n) is 3.58. The Balaban J connectivity index is 2.70. The largest absolute Gasteiger partial charge is 0.429 e. The maximum atomic E-state index is 12.6. The van der Waals surface area contributed by atoms with Crippen LogP contribution in [0.25, 0.3) is 11.0 Å². The topological polar surface area (TPSA) is 30.9 Å². The van der Waals surface area contributed by atoms with E-state index in [-0.39, 0.29) is 16.1 Å². The molecule has 0 atom stereocenters. The number of nitrogens with zero attached hydrogens (tertiary/aromatic N) is 3. The number of alkyl halides is 5. The lowest BCUT2D eigenvalue weighted by atomic mass is 10.2. The Hall–Kier alpha value is -1.64. The van der Waals surface area contributed by atoms with E-state index in [9.17, 15) is 22.0 Å². The van der Waals surface area contributed by atoms with Crippen LogP contribution in [0.5, 0.6) is 0 Å². The lowest BCUT2D eigenvalue weighted by Gasteiger charge is -2.05. The predicted octanol–water partition coefficient (Wildman–Crippen LogP) is 2.18. The van der Waals surface area contributed by atoms with E-state index in [0.29, 0.717) is 17.0 Å². The Bertz CT molecular complexity index is 624. The zero-order chi connectivity index (χ0) is 14.4. The highest BCUT2D eigenvalue weighted by Crippen LogP contribution is 2.33. The van der Waals surface area contributed by atoms with Crippen molar-refractivity contribution in [2.45, 2.75) is 12.8 Å². The van der Waals surface area contributed by atoms with E-state index in [0.717, 1.165) is 4.68 Å². The van der Waals surface area contributed by atoms with Gasteiger partial charge in [0.25, 0.3) is 0 Å². The van der Waals surface area contributed by atoms with Crippen LogP contribution in [0.4, 0.5) is 22.0 Å². The summed E-state index contributed by atoms with van der Waals surface area (Å²) in [7, 11) is 1.34. The number of aryl methyl sites for hydroxylation is 1. The van der Waals surface area contributed by atoms with Gasteiger partial charge in [-0.25, -0.2) is 4.84 Å². The second kappa shape index (κ2) is 4.48. The molecular formula is C9H6ClF5N3O+. The third-order valence-corrected chi connectivity index (χ3v) is 2.58. The molecule has 2 rings (SSSR count). The molecule has 1 heterocycles. The molecule has 0 radical (unpaired) electrons. The molecule has 0 spiro atoms. The summed E-state index contributed by atoms with van der Waals surface area (Å²) in [5.74, 6) is 0. The van der Waals surface area contributed by atoms with Crippen LogP contribution in [-0.2, 0) is 13.2 Å². The highest BCUT2D eigenvalue weighted by atomic mass is 35.5. The normalized spacial score (nSPS) is 12.4. The van der Waals surface area contributed by atoms with Crippen molar-refractivity contribution in [2.75, 3.05) is 0 Å². The molecule has 1 aromatic heterocycles. The van der Waals surface area contributed by atoms with Crippen LogP contribution >= 0.6 is 11.6 Å². The molecule has 0 amide bonds. The summed E-state index contributed by atoms with van der Waals surface area (Å²) < 4.78 is 63.2. The fraction of sp³-hybridized carbons (Fsp3) is 0.333. The van der Waals surface area contributed by atoms with E-state index in [1.165, 1.54) is 7.05 Å². The predicted molar refractivity (Wildman–Crippen MR) is 53.5 cm³/mol. The van der Waals surface area contributed by atoms with Gasteiger partial charge in [-0.05, 0) is 6.07 Å². The number of halogens is 6. The summed E-state index contributed by atoms with van der Waals surface area (Å²) in [6, 6.07) is 1.33. The summed E-state index contributed by atoms with van der Waals surface area (Å²) in [4.78, 5) is 4.30. The number of aromatic nitrogens is 3. The van der Waals surface area contributed by atoms with Crippen LogP contribution in [-0.4, -0.2) is 16.7 Å². The lowest BCUT2D eigenvalue weighted by molar-refractivity contribution is -0.711. The lowest BCUT2D eigenvalue weighted by Crippen LogP contribution is -2.33. The van der Waals surface area contributed by atoms with E-state index in [1.807, 2.05) is 0 Å². The SMILES string of the molecule is C[n+]1nn(OC(F)F)c2cc(C(F)(F)F)cc(Cl)c21. The van der Waals surface area contributed by atoms with E-state index in [2.05, 4.69) is 10.1 Å². The van der Waals surface area contributed by atoms with Gasteiger partial charge in [-0.1, -0.05) is 11.6 Å². The minimum Gasteiger partial charge on any atom is -0.240 e. The number of rotatable bonds is 2. The molecule has 4 nitrogen and oxygen atoms in total. The molecule has 0 fully saturated rings. The summed E-state index contributed by atoms with van der Waals surface area (Å²) in [5, 5.41) is 3.23. The summed E-state index contributed by atoms with van der Waals surface area (Å²) in [5.41, 5.74) is -1.33. The maximum absolute atomic E-state index is 12.6. The molecule has 0 unspecified atom stereocenters. The second-order valence-corrected chi connectivity index (χ2v) is 3.98. The fourth-order valence-electron chi connectivity index (χ4n) is 1.58. The summed E-state index contributed by atoms with van der Waals surface area (Å²) >= 11 is 5.71. The molecule has 10 heteroatoms. The Morgan fingerprint density at radius 1 is 1.37 bits per heavy atom. The van der Waals surface area contributed by atoms with Gasteiger partial charge in [0.2, 0.25) is 11.0 Å². The molecule has 104 valence electrons. The van der Waals surface area contributed by atoms with Crippen LogP contribution in [0.15, 0.2) is 12.1 Å². The zero-order valence-corrected chi connectivity index (χ0v) is 10.0. The zero-order valence-electron chi connectivity index (χ0n) is 9.25. The van der Waals surface area contributed by atoms with Gasteiger partial charge in [0.1, 0.15) is 12.3 Å². The first-order valence-electron chi connectivity index (χ1n) is 4.81. The molecule has 1 aromatic carbocycles. The van der Waals surface area contributed by atoms with Gasteiger partial charge in [-0.3, -0.25) is 0 Å². The standard InChI is InChI=1S/C9H6ClF5N3O/c1-17-7-5(10)2-4(9(13,14)15)3-6(7)18(16-17)19-8(11)12/h2-3,8H,1H3/q+1. The van der Waals surface area contributed by atoms with Gasteiger partial charge >= 0.3 is 12.8 Å². The first kappa shape index (κ1) is 13.8. The Morgan fingerprint density at radius 3 is 2.53 bits per heavy atom. The Morgan fingerprint density at radius 2 is 2.00 bits per heavy atom. The van der Waals surface area contributed by atoms with E-state index in [4.69, 9.17) is 11.6 Å². The average Bonchev–Trinajstić information content (AvgIpc) is 2.53. The summed E-state index contributed by atoms with van der Waals surface area (Å²) in [6.07, 6.45) is -4.66. The van der Waals surface area contributed by atoms with Gasteiger partial charge < -0.3 is 0 Å². The van der Waals surface area contributed by atoms with Gasteiger partial charge in [-0.2, -0.15) is 22.0 Å². The fourth-order valence-corrected chi connectivity index (χ4v) is 1.92. The number of fused-ring (bicyclic) bond motifs is 1. The van der Waals surface area contributed by atoms with Gasteiger partial charge in [0.15, 0.2) is 0 Å². The van der Waals surface area contributed by atoms with Crippen LogP contribution in [0.2, 0.25) is 5.02 Å². The number of benzene rings is 1. The highest BCUT2D eigenvalue weighted by Gasteiger charge is 2.34. The van der Waals surface area contributed by atoms with Crippen LogP contribution < -0.4 is 9.52 Å². The molecule has 0 aliphatic heterocycles. The highest BCUT2D eigenvalue weighted by molar-refractivity contribution is 6.34. The molecule has 0 aliphatic rings. The van der Waals surface area contributed by atoms with Crippen LogP contribution in [0.1, 0.15) is 5.56 Å². The minimum absolute atomic E-state index is 0.0512. The van der Waals surface area contributed by atoms with Crippen LogP contribution in [0.3, 0.4) is 0 Å². The maximum Gasteiger partial charge on any atom is 0.429 e. The molecule has 0 bridgehead atoms. The van der Waals surface area contributed by atoms with Crippen molar-refractivity contribution in [1.82, 2.24) is 10.1 Å². The minimum atomic E-state index is -4.66. The first-order chi connectivity index (χ1) is 8.70. The molecule has 2 aromatic rings. The van der Waals surface area contributed by atoms with E-state index < -0.39 is 18.4 Å². The molecule has 19 heavy (non-hydrogen) atoms. The Labute approximate surface area is 107 Å². The molecule has 0 saturated heterocycles. The number of hydrogen-bond acceptors (Lipinski definition) is 2. The van der Waals surface area contributed by atoms with Crippen molar-refractivity contribution in [2.24, 2.45) is 7.05 Å². The third-order valence-electron chi connectivity index (χ3n) is 2.30. The van der Waals surface area contributed by atoms with Crippen molar-refractivity contribution >= 4 is 22.6 Å². The van der Waals surface area contributed by atoms with Gasteiger partial charge in [0.05, 0.1) is 15.4 Å². The van der Waals surface area contributed by atoms with Gasteiger partial charge in [-0.15, -0.1) is 4.68 Å². The van der Waals surface area contributed by atoms with Crippen molar-refractivity contribution < 1.29 is 31.5 Å². The molecular weight excluding hydrogens is 297 g/mol. The van der Waals surface area contributed by atoms with E-state index in [1.54, 1.807) is 0 Å². The van der Waals surface area contributed by atoms with Crippen molar-refractivity contribution in [3.8, 4) is 0 Å². The van der Waals surface area contributed by atoms with Crippen LogP contribution in [0, 0.1) is 0 Å². The quantitative estimate of drug-likeness (QED) is 0.629. The first-order valence-corrected chi connectivity index (χ1v) is 5.19. The van der Waals surface area contributed by atoms with Gasteiger partial charge in [0, 0.05) is 6.07 Å². The average molecular weight is 303 g/mol. The number of hydrogen-bond donors (Lipinski definition) is 0. The molecule has 0 N–H and O–H groups in total. The molecule has 0 aliphatic carbocycles. The van der Waals surface area contributed by atoms with Crippen molar-refractivity contribution in [3.63, 3.8) is 0 Å². The monoisotopic (exact) mass is 302 g/mol. The summed E-state index contributed by atoms with van der Waals surface area (Å²) in [6.45, 7) is -3.23. The smallest absolute Gasteiger partial charge is 0.240 e. The van der Waals surface area contributed by atoms with E-state index >= 15 is 0 Å². The van der Waals surface area contributed by atoms with Crippen molar-refractivity contribution in [1.29, 1.82) is 0 Å². The Kier molecular flexibility index (Phi) is 3.25. The third kappa shape index (κ3) is 2.55. The molecule has 0 saturated carbocycles.